The SMILES string of the molecule is CC1CC(C)N(C(=O)C(C)c2cccc(N)c2)C1. The Bertz CT molecular complexity index is 444. The van der Waals surface area contributed by atoms with Gasteiger partial charge in [-0.2, -0.15) is 0 Å². The van der Waals surface area contributed by atoms with E-state index in [1.54, 1.807) is 0 Å². The second kappa shape index (κ2) is 5.01. The van der Waals surface area contributed by atoms with Crippen molar-refractivity contribution in [3.8, 4) is 0 Å². The molecule has 3 atom stereocenters. The Balaban J connectivity index is 2.14. The highest BCUT2D eigenvalue weighted by atomic mass is 16.2. The predicted molar refractivity (Wildman–Crippen MR) is 74.2 cm³/mol. The fourth-order valence-corrected chi connectivity index (χ4v) is 2.83. The van der Waals surface area contributed by atoms with Gasteiger partial charge in [-0.25, -0.2) is 0 Å². The molecule has 0 radical (unpaired) electrons. The number of likely N-dealkylation sites (tertiary alicyclic amines) is 1. The fourth-order valence-electron chi connectivity index (χ4n) is 2.83. The number of nitrogens with zero attached hydrogens (tertiary/aromatic N) is 1. The number of hydrogen-bond acceptors (Lipinski definition) is 2. The Hall–Kier alpha value is -1.51. The van der Waals surface area contributed by atoms with E-state index >= 15 is 0 Å². The van der Waals surface area contributed by atoms with Gasteiger partial charge in [0.05, 0.1) is 5.92 Å². The number of nitrogen functional groups attached to an aromatic ring is 1. The molecule has 0 bridgehead atoms. The molecule has 1 aromatic rings. The van der Waals surface area contributed by atoms with Crippen LogP contribution in [0.2, 0.25) is 0 Å². The van der Waals surface area contributed by atoms with E-state index in [9.17, 15) is 4.79 Å². The summed E-state index contributed by atoms with van der Waals surface area (Å²) in [6.07, 6.45) is 1.11. The van der Waals surface area contributed by atoms with Crippen LogP contribution in [0, 0.1) is 5.92 Å². The van der Waals surface area contributed by atoms with Gasteiger partial charge in [0, 0.05) is 18.3 Å². The van der Waals surface area contributed by atoms with Gasteiger partial charge in [-0.3, -0.25) is 4.79 Å². The molecule has 0 aliphatic carbocycles. The number of benzene rings is 1. The summed E-state index contributed by atoms with van der Waals surface area (Å²) in [5, 5.41) is 0. The van der Waals surface area contributed by atoms with Crippen LogP contribution < -0.4 is 5.73 Å². The molecular formula is C15H22N2O. The van der Waals surface area contributed by atoms with Gasteiger partial charge in [0.15, 0.2) is 0 Å². The first kappa shape index (κ1) is 12.9. The van der Waals surface area contributed by atoms with Crippen LogP contribution in [0.15, 0.2) is 24.3 Å². The minimum Gasteiger partial charge on any atom is -0.399 e. The zero-order valence-electron chi connectivity index (χ0n) is 11.4. The minimum absolute atomic E-state index is 0.110. The lowest BCUT2D eigenvalue weighted by Crippen LogP contribution is -2.36. The number of nitrogens with two attached hydrogens (primary N) is 1. The number of amides is 1. The number of anilines is 1. The second-order valence-electron chi connectivity index (χ2n) is 5.57. The van der Waals surface area contributed by atoms with Gasteiger partial charge >= 0.3 is 0 Å². The fraction of sp³-hybridized carbons (Fsp3) is 0.533. The molecule has 3 heteroatoms. The van der Waals surface area contributed by atoms with Gasteiger partial charge in [-0.05, 0) is 43.9 Å². The summed E-state index contributed by atoms with van der Waals surface area (Å²) < 4.78 is 0. The first-order valence-electron chi connectivity index (χ1n) is 6.65. The van der Waals surface area contributed by atoms with E-state index < -0.39 is 0 Å². The van der Waals surface area contributed by atoms with Gasteiger partial charge in [0.2, 0.25) is 5.91 Å². The number of carbonyl (C=O) groups excluding carboxylic acids is 1. The van der Waals surface area contributed by atoms with Gasteiger partial charge in [-0.15, -0.1) is 0 Å². The van der Waals surface area contributed by atoms with Crippen LogP contribution >= 0.6 is 0 Å². The number of hydrogen-bond donors (Lipinski definition) is 1. The molecule has 1 heterocycles. The molecule has 2 N–H and O–H groups in total. The van der Waals surface area contributed by atoms with E-state index in [-0.39, 0.29) is 11.8 Å². The van der Waals surface area contributed by atoms with E-state index in [1.165, 1.54) is 0 Å². The third-order valence-corrected chi connectivity index (χ3v) is 3.85. The maximum Gasteiger partial charge on any atom is 0.230 e. The zero-order valence-corrected chi connectivity index (χ0v) is 11.4. The molecule has 1 aliphatic rings. The molecule has 1 fully saturated rings. The summed E-state index contributed by atoms with van der Waals surface area (Å²) in [6.45, 7) is 7.18. The van der Waals surface area contributed by atoms with Crippen LogP contribution in [-0.4, -0.2) is 23.4 Å². The van der Waals surface area contributed by atoms with Crippen LogP contribution in [0.4, 0.5) is 5.69 Å². The first-order chi connectivity index (χ1) is 8.49. The Labute approximate surface area is 109 Å². The third kappa shape index (κ3) is 2.50. The molecule has 1 saturated heterocycles. The molecule has 2 rings (SSSR count). The molecule has 0 spiro atoms. The molecule has 3 nitrogen and oxygen atoms in total. The van der Waals surface area contributed by atoms with Crippen molar-refractivity contribution < 1.29 is 4.79 Å². The molecule has 18 heavy (non-hydrogen) atoms. The lowest BCUT2D eigenvalue weighted by atomic mass is 9.99. The van der Waals surface area contributed by atoms with E-state index in [0.717, 1.165) is 24.2 Å². The predicted octanol–water partition coefficient (Wildman–Crippen LogP) is 2.63. The summed E-state index contributed by atoms with van der Waals surface area (Å²) >= 11 is 0. The van der Waals surface area contributed by atoms with Gasteiger partial charge < -0.3 is 10.6 Å². The van der Waals surface area contributed by atoms with Crippen molar-refractivity contribution in [2.24, 2.45) is 5.92 Å². The maximum atomic E-state index is 12.5. The van der Waals surface area contributed by atoms with Gasteiger partial charge in [-0.1, -0.05) is 19.1 Å². The zero-order chi connectivity index (χ0) is 13.3. The molecule has 98 valence electrons. The highest BCUT2D eigenvalue weighted by molar-refractivity contribution is 5.84. The highest BCUT2D eigenvalue weighted by Gasteiger charge is 2.32. The van der Waals surface area contributed by atoms with Crippen molar-refractivity contribution >= 4 is 11.6 Å². The van der Waals surface area contributed by atoms with Crippen molar-refractivity contribution in [3.05, 3.63) is 29.8 Å². The van der Waals surface area contributed by atoms with E-state index in [2.05, 4.69) is 13.8 Å². The van der Waals surface area contributed by atoms with Crippen LogP contribution in [0.5, 0.6) is 0 Å². The Morgan fingerprint density at radius 3 is 2.72 bits per heavy atom. The van der Waals surface area contributed by atoms with Gasteiger partial charge in [0.25, 0.3) is 0 Å². The highest BCUT2D eigenvalue weighted by Crippen LogP contribution is 2.27. The Morgan fingerprint density at radius 2 is 2.17 bits per heavy atom. The van der Waals surface area contributed by atoms with Gasteiger partial charge in [0.1, 0.15) is 0 Å². The smallest absolute Gasteiger partial charge is 0.230 e. The van der Waals surface area contributed by atoms with Crippen LogP contribution in [0.1, 0.15) is 38.7 Å². The quantitative estimate of drug-likeness (QED) is 0.815. The summed E-state index contributed by atoms with van der Waals surface area (Å²) in [5.74, 6) is 0.718. The van der Waals surface area contributed by atoms with E-state index in [1.807, 2.05) is 36.1 Å². The third-order valence-electron chi connectivity index (χ3n) is 3.85. The van der Waals surface area contributed by atoms with Crippen LogP contribution in [0.3, 0.4) is 0 Å². The number of rotatable bonds is 2. The summed E-state index contributed by atoms with van der Waals surface area (Å²) in [4.78, 5) is 14.5. The summed E-state index contributed by atoms with van der Waals surface area (Å²) in [5.41, 5.74) is 7.50. The van der Waals surface area contributed by atoms with Crippen molar-refractivity contribution in [3.63, 3.8) is 0 Å². The topological polar surface area (TPSA) is 46.3 Å². The molecule has 0 aromatic heterocycles. The maximum absolute atomic E-state index is 12.5. The Morgan fingerprint density at radius 1 is 1.44 bits per heavy atom. The first-order valence-corrected chi connectivity index (χ1v) is 6.65. The standard InChI is InChI=1S/C15H22N2O/c1-10-7-11(2)17(9-10)15(18)12(3)13-5-4-6-14(16)8-13/h4-6,8,10-12H,7,9,16H2,1-3H3. The lowest BCUT2D eigenvalue weighted by Gasteiger charge is -2.25. The molecular weight excluding hydrogens is 224 g/mol. The largest absolute Gasteiger partial charge is 0.399 e. The minimum atomic E-state index is -0.110. The monoisotopic (exact) mass is 246 g/mol. The molecule has 1 amide bonds. The average Bonchev–Trinajstić information content (AvgIpc) is 2.66. The van der Waals surface area contributed by atoms with Crippen LogP contribution in [-0.2, 0) is 4.79 Å². The molecule has 3 unspecified atom stereocenters. The number of carbonyl (C=O) groups is 1. The summed E-state index contributed by atoms with van der Waals surface area (Å²) in [6, 6.07) is 7.98. The molecule has 0 saturated carbocycles. The van der Waals surface area contributed by atoms with Crippen LogP contribution in [0.25, 0.3) is 0 Å². The van der Waals surface area contributed by atoms with E-state index in [4.69, 9.17) is 5.73 Å². The van der Waals surface area contributed by atoms with E-state index in [0.29, 0.717) is 12.0 Å². The van der Waals surface area contributed by atoms with Crippen molar-refractivity contribution in [1.82, 2.24) is 4.90 Å². The van der Waals surface area contributed by atoms with Crippen molar-refractivity contribution in [2.45, 2.75) is 39.2 Å². The molecule has 1 aliphatic heterocycles. The van der Waals surface area contributed by atoms with Crippen molar-refractivity contribution in [1.29, 1.82) is 0 Å². The summed E-state index contributed by atoms with van der Waals surface area (Å²) in [7, 11) is 0. The second-order valence-corrected chi connectivity index (χ2v) is 5.57. The van der Waals surface area contributed by atoms with Crippen molar-refractivity contribution in [2.75, 3.05) is 12.3 Å². The normalized spacial score (nSPS) is 25.2. The Kier molecular flexibility index (Phi) is 3.60. The average molecular weight is 246 g/mol. The lowest BCUT2D eigenvalue weighted by molar-refractivity contribution is -0.133. The molecule has 1 aromatic carbocycles.